The van der Waals surface area contributed by atoms with Gasteiger partial charge in [0.15, 0.2) is 11.6 Å². The maximum atomic E-state index is 13.6. The highest BCUT2D eigenvalue weighted by atomic mass is 79.9. The summed E-state index contributed by atoms with van der Waals surface area (Å²) in [6.45, 7) is 0. The van der Waals surface area contributed by atoms with Crippen LogP contribution in [0.4, 0.5) is 16.0 Å². The van der Waals surface area contributed by atoms with Crippen molar-refractivity contribution in [3.63, 3.8) is 0 Å². The number of anilines is 2. The molecule has 0 unspecified atom stereocenters. The number of hydrogen-bond acceptors (Lipinski definition) is 5. The molecule has 0 fully saturated rings. The first-order valence-corrected chi connectivity index (χ1v) is 8.44. The lowest BCUT2D eigenvalue weighted by Gasteiger charge is -2.19. The molecule has 1 heterocycles. The van der Waals surface area contributed by atoms with E-state index in [9.17, 15) is 14.6 Å². The molecule has 7 heteroatoms. The monoisotopic (exact) mass is 401 g/mol. The number of nitrogens with one attached hydrogen (secondary N) is 1. The first-order valence-electron chi connectivity index (χ1n) is 7.64. The van der Waals surface area contributed by atoms with E-state index in [1.807, 2.05) is 0 Å². The van der Waals surface area contributed by atoms with Crippen LogP contribution >= 0.6 is 15.9 Å². The average molecular weight is 402 g/mol. The summed E-state index contributed by atoms with van der Waals surface area (Å²) in [5.41, 5.74) is 3.79. The number of benzene rings is 2. The molecule has 0 bridgehead atoms. The fraction of sp³-hybridized carbons (Fsp3) is 0.111. The molecule has 5 nitrogen and oxygen atoms in total. The summed E-state index contributed by atoms with van der Waals surface area (Å²) in [4.78, 5) is 8.82. The molecule has 0 atom stereocenters. The van der Waals surface area contributed by atoms with Crippen molar-refractivity contribution in [1.29, 1.82) is 0 Å². The number of fused-ring (bicyclic) bond motifs is 3. The summed E-state index contributed by atoms with van der Waals surface area (Å²) in [6.07, 6.45) is 3.12. The Labute approximate surface area is 151 Å². The van der Waals surface area contributed by atoms with Gasteiger partial charge in [-0.3, -0.25) is 0 Å². The van der Waals surface area contributed by atoms with Crippen LogP contribution < -0.4 is 5.32 Å². The van der Waals surface area contributed by atoms with E-state index in [1.54, 1.807) is 24.4 Å². The van der Waals surface area contributed by atoms with Crippen molar-refractivity contribution in [2.24, 2.45) is 0 Å². The first-order chi connectivity index (χ1) is 12.0. The quantitative estimate of drug-likeness (QED) is 0.596. The summed E-state index contributed by atoms with van der Waals surface area (Å²) in [6, 6.07) is 7.82. The van der Waals surface area contributed by atoms with E-state index < -0.39 is 11.6 Å². The summed E-state index contributed by atoms with van der Waals surface area (Å²) >= 11 is 3.23. The molecule has 25 heavy (non-hydrogen) atoms. The lowest BCUT2D eigenvalue weighted by atomic mass is 9.89. The number of aryl methyl sites for hydroxylation is 2. The van der Waals surface area contributed by atoms with E-state index in [2.05, 4.69) is 31.2 Å². The molecule has 0 amide bonds. The number of rotatable bonds is 2. The summed E-state index contributed by atoms with van der Waals surface area (Å²) in [5, 5.41) is 22.5. The number of phenolic OH excluding ortho intramolecular Hbond substituents is 2. The third kappa shape index (κ3) is 2.91. The number of phenols is 2. The molecular formula is C18H13BrFN3O2. The molecule has 1 aliphatic rings. The van der Waals surface area contributed by atoms with Crippen LogP contribution in [0.3, 0.4) is 0 Å². The molecule has 1 aliphatic carbocycles. The Bertz CT molecular complexity index is 994. The Morgan fingerprint density at radius 1 is 1.04 bits per heavy atom. The predicted octanol–water partition coefficient (Wildman–Crippen LogP) is 4.30. The van der Waals surface area contributed by atoms with E-state index in [4.69, 9.17) is 0 Å². The molecule has 4 rings (SSSR count). The predicted molar refractivity (Wildman–Crippen MR) is 95.6 cm³/mol. The van der Waals surface area contributed by atoms with Gasteiger partial charge in [-0.25, -0.2) is 14.4 Å². The molecule has 0 radical (unpaired) electrons. The fourth-order valence-corrected chi connectivity index (χ4v) is 3.15. The topological polar surface area (TPSA) is 78.3 Å². The van der Waals surface area contributed by atoms with Gasteiger partial charge in [-0.05, 0) is 64.2 Å². The fourth-order valence-electron chi connectivity index (χ4n) is 2.90. The van der Waals surface area contributed by atoms with Gasteiger partial charge in [0.25, 0.3) is 0 Å². The van der Waals surface area contributed by atoms with Crippen LogP contribution in [0.1, 0.15) is 11.1 Å². The number of hydrogen-bond donors (Lipinski definition) is 3. The normalized spacial score (nSPS) is 12.4. The minimum atomic E-state index is -0.625. The highest BCUT2D eigenvalue weighted by molar-refractivity contribution is 9.10. The highest BCUT2D eigenvalue weighted by Crippen LogP contribution is 2.36. The first kappa shape index (κ1) is 15.8. The van der Waals surface area contributed by atoms with Gasteiger partial charge in [0.05, 0.1) is 10.2 Å². The van der Waals surface area contributed by atoms with Gasteiger partial charge < -0.3 is 15.5 Å². The Balaban J connectivity index is 1.74. The van der Waals surface area contributed by atoms with E-state index in [-0.39, 0.29) is 5.75 Å². The zero-order valence-corrected chi connectivity index (χ0v) is 14.5. The van der Waals surface area contributed by atoms with Crippen LogP contribution in [0.2, 0.25) is 0 Å². The second-order valence-corrected chi connectivity index (χ2v) is 6.67. The smallest absolute Gasteiger partial charge is 0.227 e. The molecule has 0 spiro atoms. The van der Waals surface area contributed by atoms with Crippen LogP contribution in [-0.2, 0) is 12.8 Å². The Morgan fingerprint density at radius 2 is 1.84 bits per heavy atom. The van der Waals surface area contributed by atoms with Gasteiger partial charge in [0.1, 0.15) is 5.75 Å². The van der Waals surface area contributed by atoms with Crippen molar-refractivity contribution in [3.05, 3.63) is 57.9 Å². The van der Waals surface area contributed by atoms with Gasteiger partial charge in [0.2, 0.25) is 5.95 Å². The maximum absolute atomic E-state index is 13.6. The molecule has 126 valence electrons. The highest BCUT2D eigenvalue weighted by Gasteiger charge is 2.21. The lowest BCUT2D eigenvalue weighted by Crippen LogP contribution is -2.09. The number of aromatic nitrogens is 2. The SMILES string of the molecule is Oc1cc2c(cc1F)CCc1cnc(Nc3ccc(Br)c(O)c3)nc1-2. The van der Waals surface area contributed by atoms with E-state index in [1.165, 1.54) is 12.1 Å². The van der Waals surface area contributed by atoms with Gasteiger partial charge >= 0.3 is 0 Å². The van der Waals surface area contributed by atoms with Crippen molar-refractivity contribution in [2.45, 2.75) is 12.8 Å². The molecule has 0 saturated carbocycles. The van der Waals surface area contributed by atoms with Crippen molar-refractivity contribution >= 4 is 27.6 Å². The Hall–Kier alpha value is -2.67. The molecule has 3 N–H and O–H groups in total. The second-order valence-electron chi connectivity index (χ2n) is 5.82. The zero-order chi connectivity index (χ0) is 17.6. The molecular weight excluding hydrogens is 389 g/mol. The van der Waals surface area contributed by atoms with Crippen LogP contribution in [0.5, 0.6) is 11.5 Å². The molecule has 2 aromatic carbocycles. The third-order valence-corrected chi connectivity index (χ3v) is 4.83. The van der Waals surface area contributed by atoms with E-state index in [0.29, 0.717) is 40.2 Å². The van der Waals surface area contributed by atoms with Gasteiger partial charge in [-0.2, -0.15) is 0 Å². The molecule has 3 aromatic rings. The van der Waals surface area contributed by atoms with Gasteiger partial charge in [0, 0.05) is 23.5 Å². The van der Waals surface area contributed by atoms with Crippen molar-refractivity contribution < 1.29 is 14.6 Å². The average Bonchev–Trinajstić information content (AvgIpc) is 2.59. The Morgan fingerprint density at radius 3 is 2.64 bits per heavy atom. The van der Waals surface area contributed by atoms with Gasteiger partial charge in [-0.1, -0.05) is 0 Å². The zero-order valence-electron chi connectivity index (χ0n) is 12.9. The second kappa shape index (κ2) is 6.00. The largest absolute Gasteiger partial charge is 0.507 e. The Kier molecular flexibility index (Phi) is 3.80. The van der Waals surface area contributed by atoms with Crippen LogP contribution in [0.15, 0.2) is 41.0 Å². The van der Waals surface area contributed by atoms with E-state index in [0.717, 1.165) is 11.1 Å². The minimum Gasteiger partial charge on any atom is -0.507 e. The van der Waals surface area contributed by atoms with Crippen molar-refractivity contribution in [1.82, 2.24) is 9.97 Å². The van der Waals surface area contributed by atoms with Crippen molar-refractivity contribution in [2.75, 3.05) is 5.32 Å². The van der Waals surface area contributed by atoms with Gasteiger partial charge in [-0.15, -0.1) is 0 Å². The maximum Gasteiger partial charge on any atom is 0.227 e. The lowest BCUT2D eigenvalue weighted by molar-refractivity contribution is 0.432. The molecule has 0 saturated heterocycles. The minimum absolute atomic E-state index is 0.105. The van der Waals surface area contributed by atoms with Crippen molar-refractivity contribution in [3.8, 4) is 22.8 Å². The number of halogens is 2. The summed E-state index contributed by atoms with van der Waals surface area (Å²) in [5.74, 6) is -0.552. The van der Waals surface area contributed by atoms with Crippen LogP contribution in [0.25, 0.3) is 11.3 Å². The third-order valence-electron chi connectivity index (χ3n) is 4.16. The summed E-state index contributed by atoms with van der Waals surface area (Å²) < 4.78 is 14.2. The van der Waals surface area contributed by atoms with E-state index >= 15 is 0 Å². The number of aromatic hydroxyl groups is 2. The van der Waals surface area contributed by atoms with Crippen LogP contribution in [0, 0.1) is 5.82 Å². The standard InChI is InChI=1S/C18H13BrFN3O2/c19-13-4-3-11(6-15(13)24)22-18-21-8-10-2-1-9-5-14(20)16(25)7-12(9)17(10)23-18/h3-8,24-25H,1-2H2,(H,21,22,23). The molecule has 1 aromatic heterocycles. The van der Waals surface area contributed by atoms with Crippen LogP contribution in [-0.4, -0.2) is 20.2 Å². The molecule has 0 aliphatic heterocycles. The summed E-state index contributed by atoms with van der Waals surface area (Å²) in [7, 11) is 0. The number of nitrogens with zero attached hydrogens (tertiary/aromatic N) is 2.